The van der Waals surface area contributed by atoms with Gasteiger partial charge < -0.3 is 0 Å². The normalized spacial score (nSPS) is 13.0. The zero-order valence-electron chi connectivity index (χ0n) is 11.8. The fraction of sp³-hybridized carbons (Fsp3) is 0.154. The lowest BCUT2D eigenvalue weighted by Gasteiger charge is -2.03. The number of pyridine rings is 1. The lowest BCUT2D eigenvalue weighted by molar-refractivity contribution is -0.384. The summed E-state index contributed by atoms with van der Waals surface area (Å²) in [4.78, 5) is 14.6. The molecule has 0 saturated carbocycles. The molecule has 0 amide bonds. The predicted octanol–water partition coefficient (Wildman–Crippen LogP) is 2.48. The van der Waals surface area contributed by atoms with Crippen LogP contribution in [0.2, 0.25) is 0 Å². The minimum Gasteiger partial charge on any atom is -0.258 e. The van der Waals surface area contributed by atoms with E-state index in [1.54, 1.807) is 12.3 Å². The second-order valence-electron chi connectivity index (χ2n) is 4.45. The molecule has 1 atom stereocenters. The molecule has 0 aliphatic heterocycles. The highest BCUT2D eigenvalue weighted by Gasteiger charge is 2.15. The Morgan fingerprint density at radius 2 is 1.82 bits per heavy atom. The van der Waals surface area contributed by atoms with Crippen LogP contribution >= 0.6 is 0 Å². The summed E-state index contributed by atoms with van der Waals surface area (Å²) in [7, 11) is -4.81. The number of aromatic nitrogens is 1. The Kier molecular flexibility index (Phi) is 4.67. The van der Waals surface area contributed by atoms with Crippen molar-refractivity contribution in [1.29, 1.82) is 0 Å². The first-order valence-electron chi connectivity index (χ1n) is 6.11. The van der Waals surface area contributed by atoms with Crippen LogP contribution in [0.4, 0.5) is 5.69 Å². The van der Waals surface area contributed by atoms with Gasteiger partial charge in [-0.25, -0.2) is 4.98 Å². The topological polar surface area (TPSA) is 103 Å². The summed E-state index contributed by atoms with van der Waals surface area (Å²) >= 11 is 0. The fourth-order valence-electron chi connectivity index (χ4n) is 1.60. The van der Waals surface area contributed by atoms with E-state index < -0.39 is 25.6 Å². The molecule has 0 fully saturated rings. The second kappa shape index (κ2) is 6.32. The maximum absolute atomic E-state index is 12.2. The molecule has 1 aromatic carbocycles. The number of nitro groups is 1. The van der Waals surface area contributed by atoms with E-state index in [0.717, 1.165) is 5.56 Å². The van der Waals surface area contributed by atoms with Crippen molar-refractivity contribution in [2.24, 2.45) is 3.77 Å². The third kappa shape index (κ3) is 3.74. The third-order valence-corrected chi connectivity index (χ3v) is 6.15. The molecule has 2 aromatic rings. The van der Waals surface area contributed by atoms with Gasteiger partial charge in [-0.15, -0.1) is 3.77 Å². The van der Waals surface area contributed by atoms with Crippen LogP contribution < -0.4 is 0 Å². The van der Waals surface area contributed by atoms with Crippen molar-refractivity contribution in [3.8, 4) is 0 Å². The minimum atomic E-state index is -3.86. The van der Waals surface area contributed by atoms with Crippen molar-refractivity contribution >= 4 is 26.4 Å². The molecule has 0 radical (unpaired) electrons. The Balaban J connectivity index is 2.34. The van der Waals surface area contributed by atoms with Gasteiger partial charge in [0.15, 0.2) is 5.03 Å². The number of sulfonamides is 1. The van der Waals surface area contributed by atoms with Gasteiger partial charge in [-0.2, -0.15) is 8.42 Å². The minimum absolute atomic E-state index is 0.0520. The Labute approximate surface area is 130 Å². The molecule has 9 heteroatoms. The first-order chi connectivity index (χ1) is 10.3. The molecule has 0 unspecified atom stereocenters. The van der Waals surface area contributed by atoms with Crippen LogP contribution in [0.25, 0.3) is 0 Å². The van der Waals surface area contributed by atoms with Crippen LogP contribution in [0.5, 0.6) is 0 Å². The summed E-state index contributed by atoms with van der Waals surface area (Å²) in [5.41, 5.74) is 0.800. The van der Waals surface area contributed by atoms with E-state index in [1.165, 1.54) is 36.5 Å². The van der Waals surface area contributed by atoms with Gasteiger partial charge >= 0.3 is 10.0 Å². The number of benzene rings is 1. The lowest BCUT2D eigenvalue weighted by atomic mass is 10.3. The molecule has 2 rings (SSSR count). The first kappa shape index (κ1) is 16.2. The average Bonchev–Trinajstić information content (AvgIpc) is 2.47. The number of non-ortho nitro benzene ring substituents is 1. The van der Waals surface area contributed by atoms with Gasteiger partial charge in [0.2, 0.25) is 0 Å². The van der Waals surface area contributed by atoms with Crippen LogP contribution in [0.1, 0.15) is 5.56 Å². The lowest BCUT2D eigenvalue weighted by Crippen LogP contribution is -2.02. The number of nitrogens with zero attached hydrogens (tertiary/aromatic N) is 3. The number of nitro benzene ring substituents is 1. The summed E-state index contributed by atoms with van der Waals surface area (Å²) in [6.45, 7) is 1.81. The van der Waals surface area contributed by atoms with Crippen LogP contribution in [0.3, 0.4) is 0 Å². The monoisotopic (exact) mass is 339 g/mol. The molecular formula is C13H13N3O4S2. The van der Waals surface area contributed by atoms with Crippen molar-refractivity contribution in [2.75, 3.05) is 6.26 Å². The second-order valence-corrected chi connectivity index (χ2v) is 7.84. The summed E-state index contributed by atoms with van der Waals surface area (Å²) in [5.74, 6) is 0. The van der Waals surface area contributed by atoms with E-state index in [9.17, 15) is 18.5 Å². The molecule has 116 valence electrons. The van der Waals surface area contributed by atoms with Crippen LogP contribution in [-0.2, 0) is 20.7 Å². The van der Waals surface area contributed by atoms with Crippen molar-refractivity contribution in [1.82, 2.24) is 4.98 Å². The quantitative estimate of drug-likeness (QED) is 0.629. The molecule has 0 spiro atoms. The van der Waals surface area contributed by atoms with Crippen molar-refractivity contribution in [3.63, 3.8) is 0 Å². The van der Waals surface area contributed by atoms with E-state index >= 15 is 0 Å². The van der Waals surface area contributed by atoms with Crippen LogP contribution in [0.15, 0.2) is 56.3 Å². The number of hydrogen-bond donors (Lipinski definition) is 0. The van der Waals surface area contributed by atoms with Crippen molar-refractivity contribution in [2.45, 2.75) is 16.8 Å². The van der Waals surface area contributed by atoms with Gasteiger partial charge in [0.05, 0.1) is 4.92 Å². The number of hydrogen-bond acceptors (Lipinski definition) is 5. The summed E-state index contributed by atoms with van der Waals surface area (Å²) in [5, 5.41) is 10.5. The van der Waals surface area contributed by atoms with E-state index in [1.807, 2.05) is 6.92 Å². The zero-order chi connectivity index (χ0) is 16.3. The Hall–Kier alpha value is -2.13. The van der Waals surface area contributed by atoms with Crippen LogP contribution in [0, 0.1) is 17.0 Å². The standard InChI is InChI=1S/C13H13N3O4S2/c1-10-3-8-13(14-9-10)22(19,20)15-21(2)12-6-4-11(5-7-12)16(17)18/h3-9H,1-2H3/t21-/m0/s1. The van der Waals surface area contributed by atoms with E-state index in [-0.39, 0.29) is 10.7 Å². The largest absolute Gasteiger partial charge is 0.305 e. The van der Waals surface area contributed by atoms with Gasteiger partial charge in [-0.05, 0) is 36.9 Å². The maximum Gasteiger partial charge on any atom is 0.305 e. The Bertz CT molecular complexity index is 829. The molecule has 0 aliphatic rings. The molecule has 1 heterocycles. The number of aryl methyl sites for hydroxylation is 1. The van der Waals surface area contributed by atoms with Crippen molar-refractivity contribution in [3.05, 3.63) is 58.3 Å². The molecule has 0 aliphatic carbocycles. The van der Waals surface area contributed by atoms with Gasteiger partial charge in [0.1, 0.15) is 0 Å². The molecular weight excluding hydrogens is 326 g/mol. The highest BCUT2D eigenvalue weighted by atomic mass is 32.3. The summed E-state index contributed by atoms with van der Waals surface area (Å²) in [6, 6.07) is 8.71. The highest BCUT2D eigenvalue weighted by Crippen LogP contribution is 2.17. The molecule has 0 bridgehead atoms. The van der Waals surface area contributed by atoms with E-state index in [4.69, 9.17) is 0 Å². The Morgan fingerprint density at radius 3 is 2.32 bits per heavy atom. The molecule has 1 aromatic heterocycles. The Morgan fingerprint density at radius 1 is 1.18 bits per heavy atom. The van der Waals surface area contributed by atoms with Crippen molar-refractivity contribution < 1.29 is 13.3 Å². The van der Waals surface area contributed by atoms with E-state index in [2.05, 4.69) is 8.75 Å². The molecule has 0 saturated heterocycles. The molecule has 22 heavy (non-hydrogen) atoms. The van der Waals surface area contributed by atoms with Crippen LogP contribution in [-0.4, -0.2) is 24.6 Å². The fourth-order valence-corrected chi connectivity index (χ4v) is 4.38. The highest BCUT2D eigenvalue weighted by molar-refractivity contribution is 7.99. The zero-order valence-corrected chi connectivity index (χ0v) is 13.5. The summed E-state index contributed by atoms with van der Waals surface area (Å²) < 4.78 is 28.2. The smallest absolute Gasteiger partial charge is 0.258 e. The average molecular weight is 339 g/mol. The van der Waals surface area contributed by atoms with E-state index in [0.29, 0.717) is 4.90 Å². The number of rotatable bonds is 4. The predicted molar refractivity (Wildman–Crippen MR) is 83.2 cm³/mol. The van der Waals surface area contributed by atoms with Gasteiger partial charge in [0, 0.05) is 23.2 Å². The SMILES string of the molecule is Cc1ccc(S(=O)(=O)N=[S@@](C)c2ccc([N+](=O)[O-])cc2)nc1. The van der Waals surface area contributed by atoms with Gasteiger partial charge in [-0.3, -0.25) is 10.1 Å². The summed E-state index contributed by atoms with van der Waals surface area (Å²) in [6.07, 6.45) is 3.09. The first-order valence-corrected chi connectivity index (χ1v) is 9.14. The maximum atomic E-state index is 12.2. The molecule has 7 nitrogen and oxygen atoms in total. The third-order valence-electron chi connectivity index (χ3n) is 2.75. The molecule has 0 N–H and O–H groups in total. The van der Waals surface area contributed by atoms with Gasteiger partial charge in [-0.1, -0.05) is 16.8 Å². The van der Waals surface area contributed by atoms with Gasteiger partial charge in [0.25, 0.3) is 5.69 Å².